The SMILES string of the molecule is COc1ccc(OC)c(CC(C(=O)O)c2ccc(C)cc2C)c1. The van der Waals surface area contributed by atoms with Gasteiger partial charge >= 0.3 is 5.97 Å². The number of benzene rings is 2. The molecule has 4 heteroatoms. The van der Waals surface area contributed by atoms with E-state index in [2.05, 4.69) is 0 Å². The van der Waals surface area contributed by atoms with E-state index in [9.17, 15) is 9.90 Å². The van der Waals surface area contributed by atoms with E-state index in [4.69, 9.17) is 9.47 Å². The molecule has 0 radical (unpaired) electrons. The van der Waals surface area contributed by atoms with Gasteiger partial charge < -0.3 is 14.6 Å². The third kappa shape index (κ3) is 3.83. The zero-order valence-corrected chi connectivity index (χ0v) is 13.9. The first-order chi connectivity index (χ1) is 11.0. The largest absolute Gasteiger partial charge is 0.497 e. The number of rotatable bonds is 6. The van der Waals surface area contributed by atoms with Gasteiger partial charge in [0.25, 0.3) is 0 Å². The van der Waals surface area contributed by atoms with Crippen LogP contribution in [0.2, 0.25) is 0 Å². The molecule has 0 aromatic heterocycles. The topological polar surface area (TPSA) is 55.8 Å². The van der Waals surface area contributed by atoms with Gasteiger partial charge in [-0.05, 0) is 55.2 Å². The van der Waals surface area contributed by atoms with Crippen LogP contribution in [0.25, 0.3) is 0 Å². The van der Waals surface area contributed by atoms with E-state index in [1.807, 2.05) is 38.1 Å². The summed E-state index contributed by atoms with van der Waals surface area (Å²) >= 11 is 0. The molecule has 2 aromatic rings. The average Bonchev–Trinajstić information content (AvgIpc) is 2.52. The van der Waals surface area contributed by atoms with Gasteiger partial charge in [0, 0.05) is 0 Å². The Hall–Kier alpha value is -2.49. The molecule has 2 rings (SSSR count). The lowest BCUT2D eigenvalue weighted by Gasteiger charge is -2.18. The first-order valence-electron chi connectivity index (χ1n) is 7.47. The van der Waals surface area contributed by atoms with Crippen LogP contribution in [0.5, 0.6) is 11.5 Å². The Morgan fingerprint density at radius 3 is 2.39 bits per heavy atom. The zero-order valence-electron chi connectivity index (χ0n) is 13.9. The van der Waals surface area contributed by atoms with E-state index >= 15 is 0 Å². The van der Waals surface area contributed by atoms with Gasteiger partial charge in [0.05, 0.1) is 20.1 Å². The predicted molar refractivity (Wildman–Crippen MR) is 89.5 cm³/mol. The summed E-state index contributed by atoms with van der Waals surface area (Å²) in [7, 11) is 3.17. The molecule has 2 aromatic carbocycles. The Bertz CT molecular complexity index is 707. The standard InChI is InChI=1S/C19H22O4/c1-12-5-7-16(13(2)9-12)17(19(20)21)11-14-10-15(22-3)6-8-18(14)23-4/h5-10,17H,11H2,1-4H3,(H,20,21). The fraction of sp³-hybridized carbons (Fsp3) is 0.316. The lowest BCUT2D eigenvalue weighted by molar-refractivity contribution is -0.138. The summed E-state index contributed by atoms with van der Waals surface area (Å²) in [4.78, 5) is 11.8. The van der Waals surface area contributed by atoms with Gasteiger partial charge in [-0.3, -0.25) is 4.79 Å². The van der Waals surface area contributed by atoms with Gasteiger partial charge in [-0.15, -0.1) is 0 Å². The van der Waals surface area contributed by atoms with Gasteiger partial charge in [-0.25, -0.2) is 0 Å². The van der Waals surface area contributed by atoms with Crippen molar-refractivity contribution in [2.24, 2.45) is 0 Å². The minimum Gasteiger partial charge on any atom is -0.497 e. The second-order valence-electron chi connectivity index (χ2n) is 5.63. The van der Waals surface area contributed by atoms with Gasteiger partial charge in [0.15, 0.2) is 0 Å². The molecule has 122 valence electrons. The number of ether oxygens (including phenoxy) is 2. The molecule has 0 saturated carbocycles. The molecular weight excluding hydrogens is 292 g/mol. The van der Waals surface area contributed by atoms with Crippen LogP contribution >= 0.6 is 0 Å². The normalized spacial score (nSPS) is 11.8. The molecule has 0 fully saturated rings. The Morgan fingerprint density at radius 2 is 1.83 bits per heavy atom. The van der Waals surface area contributed by atoms with Crippen molar-refractivity contribution in [3.63, 3.8) is 0 Å². The lowest BCUT2D eigenvalue weighted by atomic mass is 9.88. The lowest BCUT2D eigenvalue weighted by Crippen LogP contribution is -2.16. The van der Waals surface area contributed by atoms with Crippen LogP contribution in [0, 0.1) is 13.8 Å². The quantitative estimate of drug-likeness (QED) is 0.882. The van der Waals surface area contributed by atoms with Crippen molar-refractivity contribution in [3.05, 3.63) is 58.7 Å². The molecule has 1 unspecified atom stereocenters. The summed E-state index contributed by atoms with van der Waals surface area (Å²) in [6.45, 7) is 3.94. The number of hydrogen-bond acceptors (Lipinski definition) is 3. The number of aliphatic carboxylic acids is 1. The molecule has 4 nitrogen and oxygen atoms in total. The van der Waals surface area contributed by atoms with Crippen molar-refractivity contribution in [1.82, 2.24) is 0 Å². The van der Waals surface area contributed by atoms with Crippen molar-refractivity contribution < 1.29 is 19.4 Å². The van der Waals surface area contributed by atoms with Crippen LogP contribution in [-0.4, -0.2) is 25.3 Å². The van der Waals surface area contributed by atoms with Crippen molar-refractivity contribution >= 4 is 5.97 Å². The van der Waals surface area contributed by atoms with E-state index in [0.29, 0.717) is 17.9 Å². The summed E-state index contributed by atoms with van der Waals surface area (Å²) in [6.07, 6.45) is 0.347. The highest BCUT2D eigenvalue weighted by atomic mass is 16.5. The van der Waals surface area contributed by atoms with E-state index in [1.54, 1.807) is 26.4 Å². The molecule has 0 aliphatic rings. The van der Waals surface area contributed by atoms with Crippen LogP contribution in [0.1, 0.15) is 28.2 Å². The smallest absolute Gasteiger partial charge is 0.311 e. The highest BCUT2D eigenvalue weighted by Crippen LogP contribution is 2.31. The summed E-state index contributed by atoms with van der Waals surface area (Å²) in [6, 6.07) is 11.3. The number of hydrogen-bond donors (Lipinski definition) is 1. The van der Waals surface area contributed by atoms with Gasteiger partial charge in [0.1, 0.15) is 11.5 Å². The predicted octanol–water partition coefficient (Wildman–Crippen LogP) is 3.73. The molecule has 1 atom stereocenters. The number of methoxy groups -OCH3 is 2. The number of carboxylic acids is 1. The second-order valence-corrected chi connectivity index (χ2v) is 5.63. The Morgan fingerprint density at radius 1 is 1.09 bits per heavy atom. The van der Waals surface area contributed by atoms with Crippen molar-refractivity contribution in [2.45, 2.75) is 26.2 Å². The summed E-state index contributed by atoms with van der Waals surface area (Å²) < 4.78 is 10.6. The second kappa shape index (κ2) is 7.18. The van der Waals surface area contributed by atoms with E-state index in [1.165, 1.54) is 0 Å². The Balaban J connectivity index is 2.42. The summed E-state index contributed by atoms with van der Waals surface area (Å²) in [5.41, 5.74) is 3.75. The van der Waals surface area contributed by atoms with Gasteiger partial charge in [-0.2, -0.15) is 0 Å². The van der Waals surface area contributed by atoms with Crippen LogP contribution in [0.4, 0.5) is 0 Å². The molecule has 23 heavy (non-hydrogen) atoms. The molecular formula is C19H22O4. The van der Waals surface area contributed by atoms with Crippen LogP contribution in [-0.2, 0) is 11.2 Å². The highest BCUT2D eigenvalue weighted by molar-refractivity contribution is 5.77. The molecule has 0 spiro atoms. The molecule has 0 heterocycles. The maximum atomic E-state index is 11.8. The molecule has 0 amide bonds. The Labute approximate surface area is 136 Å². The molecule has 0 aliphatic heterocycles. The average molecular weight is 314 g/mol. The Kier molecular flexibility index (Phi) is 5.27. The fourth-order valence-corrected chi connectivity index (χ4v) is 2.81. The van der Waals surface area contributed by atoms with Crippen LogP contribution in [0.3, 0.4) is 0 Å². The monoisotopic (exact) mass is 314 g/mol. The zero-order chi connectivity index (χ0) is 17.0. The summed E-state index contributed by atoms with van der Waals surface area (Å²) in [5.74, 6) is -0.120. The molecule has 0 aliphatic carbocycles. The van der Waals surface area contributed by atoms with E-state index in [-0.39, 0.29) is 0 Å². The number of carbonyl (C=O) groups is 1. The minimum atomic E-state index is -0.846. The van der Waals surface area contributed by atoms with Crippen molar-refractivity contribution in [3.8, 4) is 11.5 Å². The third-order valence-corrected chi connectivity index (χ3v) is 4.01. The van der Waals surface area contributed by atoms with Gasteiger partial charge in [0.2, 0.25) is 0 Å². The molecule has 0 bridgehead atoms. The maximum absolute atomic E-state index is 11.8. The first kappa shape index (κ1) is 16.9. The summed E-state index contributed by atoms with van der Waals surface area (Å²) in [5, 5.41) is 9.70. The van der Waals surface area contributed by atoms with Gasteiger partial charge in [-0.1, -0.05) is 23.8 Å². The van der Waals surface area contributed by atoms with Crippen molar-refractivity contribution in [1.29, 1.82) is 0 Å². The highest BCUT2D eigenvalue weighted by Gasteiger charge is 2.24. The van der Waals surface area contributed by atoms with E-state index in [0.717, 1.165) is 22.3 Å². The fourth-order valence-electron chi connectivity index (χ4n) is 2.81. The number of aryl methyl sites for hydroxylation is 2. The maximum Gasteiger partial charge on any atom is 0.311 e. The van der Waals surface area contributed by atoms with Crippen LogP contribution in [0.15, 0.2) is 36.4 Å². The molecule has 1 N–H and O–H groups in total. The third-order valence-electron chi connectivity index (χ3n) is 4.01. The van der Waals surface area contributed by atoms with Crippen molar-refractivity contribution in [2.75, 3.05) is 14.2 Å². The van der Waals surface area contributed by atoms with E-state index < -0.39 is 11.9 Å². The molecule has 0 saturated heterocycles. The van der Waals surface area contributed by atoms with Crippen LogP contribution < -0.4 is 9.47 Å². The first-order valence-corrected chi connectivity index (χ1v) is 7.47. The number of carboxylic acid groups (broad SMARTS) is 1. The minimum absolute atomic E-state index is 0.347.